The van der Waals surface area contributed by atoms with E-state index < -0.39 is 39.5 Å². The average molecular weight is 400 g/mol. The smallest absolute Gasteiger partial charge is 0.211 e. The molecule has 0 unspecified atom stereocenters. The lowest BCUT2D eigenvalue weighted by Crippen LogP contribution is -2.27. The second kappa shape index (κ2) is 7.85. The molecular formula is C18H22F2N2O4S. The zero-order valence-electron chi connectivity index (χ0n) is 15.6. The molecule has 0 bridgehead atoms. The second-order valence-corrected chi connectivity index (χ2v) is 8.97. The van der Waals surface area contributed by atoms with Crippen LogP contribution in [0, 0.1) is 17.6 Å². The predicted octanol–water partition coefficient (Wildman–Crippen LogP) is 1.96. The number of benzene rings is 1. The van der Waals surface area contributed by atoms with Gasteiger partial charge >= 0.3 is 0 Å². The van der Waals surface area contributed by atoms with Crippen LogP contribution >= 0.6 is 0 Å². The fraction of sp³-hybridized carbons (Fsp3) is 0.444. The minimum absolute atomic E-state index is 0.128. The van der Waals surface area contributed by atoms with E-state index in [0.717, 1.165) is 22.7 Å². The molecule has 0 saturated heterocycles. The van der Waals surface area contributed by atoms with E-state index in [-0.39, 0.29) is 22.8 Å². The van der Waals surface area contributed by atoms with E-state index in [1.807, 2.05) is 0 Å². The van der Waals surface area contributed by atoms with Gasteiger partial charge in [0.05, 0.1) is 11.8 Å². The molecule has 1 aromatic carbocycles. The summed E-state index contributed by atoms with van der Waals surface area (Å²) in [7, 11) is 0.777. The van der Waals surface area contributed by atoms with E-state index in [9.17, 15) is 26.8 Å². The van der Waals surface area contributed by atoms with Crippen LogP contribution in [0.1, 0.15) is 28.8 Å². The first-order valence-electron chi connectivity index (χ1n) is 8.28. The SMILES string of the molecule is CN(C)C=C(C(=O)c1ccc(F)c(F)c1CN(C)S(C)(=O)=O)C(=O)C1CC1. The Morgan fingerprint density at radius 1 is 1.19 bits per heavy atom. The molecule has 1 aliphatic carbocycles. The van der Waals surface area contributed by atoms with Crippen molar-refractivity contribution in [2.45, 2.75) is 19.4 Å². The number of carbonyl (C=O) groups excluding carboxylic acids is 2. The summed E-state index contributed by atoms with van der Waals surface area (Å²) in [5, 5.41) is 0. The number of nitrogens with zero attached hydrogens (tertiary/aromatic N) is 2. The Morgan fingerprint density at radius 2 is 1.78 bits per heavy atom. The molecule has 148 valence electrons. The van der Waals surface area contributed by atoms with Crippen LogP contribution in [0.3, 0.4) is 0 Å². The van der Waals surface area contributed by atoms with Crippen LogP contribution in [0.15, 0.2) is 23.9 Å². The van der Waals surface area contributed by atoms with E-state index in [1.165, 1.54) is 18.1 Å². The largest absolute Gasteiger partial charge is 0.383 e. The van der Waals surface area contributed by atoms with Gasteiger partial charge in [-0.15, -0.1) is 0 Å². The number of ketones is 2. The first kappa shape index (κ1) is 21.2. The highest BCUT2D eigenvalue weighted by Crippen LogP contribution is 2.34. The molecule has 0 amide bonds. The fourth-order valence-electron chi connectivity index (χ4n) is 2.50. The molecule has 0 atom stereocenters. The van der Waals surface area contributed by atoms with E-state index in [4.69, 9.17) is 0 Å². The van der Waals surface area contributed by atoms with Crippen LogP contribution in [-0.2, 0) is 21.4 Å². The van der Waals surface area contributed by atoms with Gasteiger partial charge in [-0.2, -0.15) is 0 Å². The topological polar surface area (TPSA) is 74.8 Å². The Morgan fingerprint density at radius 3 is 2.26 bits per heavy atom. The number of allylic oxidation sites excluding steroid dienone is 1. The third kappa shape index (κ3) is 4.98. The Balaban J connectivity index is 2.54. The Labute approximate surface area is 157 Å². The fourth-order valence-corrected chi connectivity index (χ4v) is 2.87. The molecule has 0 N–H and O–H groups in total. The highest BCUT2D eigenvalue weighted by molar-refractivity contribution is 7.88. The minimum Gasteiger partial charge on any atom is -0.383 e. The first-order chi connectivity index (χ1) is 12.4. The van der Waals surface area contributed by atoms with Gasteiger partial charge in [-0.25, -0.2) is 21.5 Å². The number of rotatable bonds is 8. The van der Waals surface area contributed by atoms with Gasteiger partial charge in [-0.05, 0) is 25.0 Å². The van der Waals surface area contributed by atoms with Crippen molar-refractivity contribution in [2.24, 2.45) is 5.92 Å². The van der Waals surface area contributed by atoms with Gasteiger partial charge in [-0.1, -0.05) is 0 Å². The zero-order chi connectivity index (χ0) is 20.5. The third-order valence-corrected chi connectivity index (χ3v) is 5.49. The molecule has 1 aliphatic rings. The van der Waals surface area contributed by atoms with Gasteiger partial charge in [0.2, 0.25) is 10.0 Å². The highest BCUT2D eigenvalue weighted by atomic mass is 32.2. The monoisotopic (exact) mass is 400 g/mol. The summed E-state index contributed by atoms with van der Waals surface area (Å²) in [6.07, 6.45) is 3.63. The van der Waals surface area contributed by atoms with Crippen LogP contribution in [0.5, 0.6) is 0 Å². The molecule has 9 heteroatoms. The van der Waals surface area contributed by atoms with Gasteiger partial charge in [0.25, 0.3) is 0 Å². The maximum atomic E-state index is 14.4. The van der Waals surface area contributed by atoms with Crippen molar-refractivity contribution in [3.63, 3.8) is 0 Å². The van der Waals surface area contributed by atoms with Crippen molar-refractivity contribution >= 4 is 21.6 Å². The molecule has 0 heterocycles. The van der Waals surface area contributed by atoms with Crippen molar-refractivity contribution in [1.82, 2.24) is 9.21 Å². The average Bonchev–Trinajstić information content (AvgIpc) is 3.39. The summed E-state index contributed by atoms with van der Waals surface area (Å²) in [6.45, 7) is -0.531. The first-order valence-corrected chi connectivity index (χ1v) is 10.1. The molecule has 0 aromatic heterocycles. The Hall–Kier alpha value is -2.13. The van der Waals surface area contributed by atoms with Crippen LogP contribution in [0.2, 0.25) is 0 Å². The Kier molecular flexibility index (Phi) is 6.16. The summed E-state index contributed by atoms with van der Waals surface area (Å²) in [6, 6.07) is 1.87. The zero-order valence-corrected chi connectivity index (χ0v) is 16.4. The number of sulfonamides is 1. The molecule has 0 radical (unpaired) electrons. The van der Waals surface area contributed by atoms with Crippen molar-refractivity contribution in [2.75, 3.05) is 27.4 Å². The quantitative estimate of drug-likeness (QED) is 0.289. The lowest BCUT2D eigenvalue weighted by atomic mass is 9.94. The third-order valence-electron chi connectivity index (χ3n) is 4.23. The summed E-state index contributed by atoms with van der Waals surface area (Å²) >= 11 is 0. The number of Topliss-reactive ketones (excluding diaryl/α,β-unsaturated/α-hetero) is 2. The molecule has 27 heavy (non-hydrogen) atoms. The molecular weight excluding hydrogens is 378 g/mol. The number of hydrogen-bond donors (Lipinski definition) is 0. The summed E-state index contributed by atoms with van der Waals surface area (Å²) < 4.78 is 52.2. The number of hydrogen-bond acceptors (Lipinski definition) is 5. The lowest BCUT2D eigenvalue weighted by molar-refractivity contribution is -0.116. The molecule has 1 aromatic rings. The standard InChI is InChI=1S/C18H22F2N2O4S/c1-21(2)9-14(17(23)11-5-6-11)18(24)12-7-8-15(19)16(20)13(12)10-22(3)27(4,25)26/h7-9,11H,5-6,10H2,1-4H3. The molecule has 0 aliphatic heterocycles. The molecule has 1 fully saturated rings. The molecule has 0 spiro atoms. The van der Waals surface area contributed by atoms with Gasteiger partial charge in [0.1, 0.15) is 0 Å². The van der Waals surface area contributed by atoms with Crippen molar-refractivity contribution in [1.29, 1.82) is 0 Å². The van der Waals surface area contributed by atoms with Crippen LogP contribution in [0.4, 0.5) is 8.78 Å². The van der Waals surface area contributed by atoms with E-state index in [0.29, 0.717) is 12.8 Å². The van der Waals surface area contributed by atoms with Gasteiger partial charge in [-0.3, -0.25) is 9.59 Å². The molecule has 2 rings (SSSR count). The maximum Gasteiger partial charge on any atom is 0.211 e. The molecule has 6 nitrogen and oxygen atoms in total. The van der Waals surface area contributed by atoms with Crippen molar-refractivity contribution in [3.8, 4) is 0 Å². The van der Waals surface area contributed by atoms with Crippen LogP contribution in [-0.4, -0.2) is 56.6 Å². The van der Waals surface area contributed by atoms with E-state index in [2.05, 4.69) is 0 Å². The summed E-state index contributed by atoms with van der Waals surface area (Å²) in [5.41, 5.74) is -0.760. The van der Waals surface area contributed by atoms with E-state index >= 15 is 0 Å². The maximum absolute atomic E-state index is 14.4. The minimum atomic E-state index is -3.69. The number of halogens is 2. The second-order valence-electron chi connectivity index (χ2n) is 6.88. The van der Waals surface area contributed by atoms with Gasteiger partial charge in [0.15, 0.2) is 23.2 Å². The van der Waals surface area contributed by atoms with Crippen LogP contribution in [0.25, 0.3) is 0 Å². The van der Waals surface area contributed by atoms with Gasteiger partial charge < -0.3 is 4.90 Å². The predicted molar refractivity (Wildman–Crippen MR) is 96.5 cm³/mol. The number of carbonyl (C=O) groups is 2. The van der Waals surface area contributed by atoms with Gasteiger partial charge in [0, 0.05) is 50.9 Å². The summed E-state index contributed by atoms with van der Waals surface area (Å²) in [4.78, 5) is 27.0. The van der Waals surface area contributed by atoms with Crippen molar-refractivity contribution in [3.05, 3.63) is 46.7 Å². The van der Waals surface area contributed by atoms with E-state index in [1.54, 1.807) is 14.1 Å². The Bertz CT molecular complexity index is 906. The lowest BCUT2D eigenvalue weighted by Gasteiger charge is -2.18. The molecule has 1 saturated carbocycles. The highest BCUT2D eigenvalue weighted by Gasteiger charge is 2.36. The van der Waals surface area contributed by atoms with Crippen LogP contribution < -0.4 is 0 Å². The summed E-state index contributed by atoms with van der Waals surface area (Å²) in [5.74, 6) is -3.85. The normalized spacial score (nSPS) is 15.1. The van der Waals surface area contributed by atoms with Crippen molar-refractivity contribution < 1.29 is 26.8 Å².